The number of carbonyl (C=O) groups is 1. The van der Waals surface area contributed by atoms with Crippen LogP contribution in [-0.4, -0.2) is 43.2 Å². The van der Waals surface area contributed by atoms with Crippen LogP contribution in [0, 0.1) is 0 Å². The first-order valence-electron chi connectivity index (χ1n) is 7.71. The lowest BCUT2D eigenvalue weighted by Gasteiger charge is -2.16. The summed E-state index contributed by atoms with van der Waals surface area (Å²) in [5.74, 6) is 1.64. The highest BCUT2D eigenvalue weighted by Crippen LogP contribution is 2.23. The van der Waals surface area contributed by atoms with E-state index in [2.05, 4.69) is 31.8 Å². The van der Waals surface area contributed by atoms with Gasteiger partial charge in [0.15, 0.2) is 5.82 Å². The van der Waals surface area contributed by atoms with E-state index in [-0.39, 0.29) is 5.91 Å². The lowest BCUT2D eigenvalue weighted by atomic mass is 10.3. The second-order valence-corrected chi connectivity index (χ2v) is 5.67. The minimum atomic E-state index is -0.0929. The van der Waals surface area contributed by atoms with E-state index in [0.29, 0.717) is 11.9 Å². The predicted octanol–water partition coefficient (Wildman–Crippen LogP) is 1.50. The van der Waals surface area contributed by atoms with Crippen molar-refractivity contribution in [1.82, 2.24) is 24.2 Å². The molecule has 0 aliphatic carbocycles. The molecular weight excluding hydrogens is 280 g/mol. The maximum absolute atomic E-state index is 11.1. The average molecular weight is 302 g/mol. The summed E-state index contributed by atoms with van der Waals surface area (Å²) in [6.07, 6.45) is 6.89. The number of imidazole rings is 1. The number of aromatic nitrogens is 4. The Labute approximate surface area is 129 Å². The normalized spacial score (nSPS) is 18.7. The van der Waals surface area contributed by atoms with E-state index in [4.69, 9.17) is 0 Å². The molecule has 1 N–H and O–H groups in total. The van der Waals surface area contributed by atoms with E-state index in [1.165, 1.54) is 6.92 Å². The number of rotatable bonds is 5. The highest BCUT2D eigenvalue weighted by molar-refractivity contribution is 5.87. The summed E-state index contributed by atoms with van der Waals surface area (Å²) in [5.41, 5.74) is 0. The van der Waals surface area contributed by atoms with Crippen LogP contribution < -0.4 is 5.32 Å². The maximum atomic E-state index is 11.1. The lowest BCUT2D eigenvalue weighted by molar-refractivity contribution is -0.114. The SMILES string of the molecule is CCn1ccnc1CN1CC[C@H](n2ccc(NC(C)=O)n2)C1. The fourth-order valence-corrected chi connectivity index (χ4v) is 2.94. The number of aryl methyl sites for hydroxylation is 1. The molecule has 3 heterocycles. The van der Waals surface area contributed by atoms with E-state index in [1.807, 2.05) is 29.3 Å². The van der Waals surface area contributed by atoms with Crippen molar-refractivity contribution in [3.8, 4) is 0 Å². The topological polar surface area (TPSA) is 68.0 Å². The standard InChI is InChI=1S/C15H22N6O/c1-3-20-9-6-16-15(20)11-19-7-4-13(10-19)21-8-5-14(18-21)17-12(2)22/h5-6,8-9,13H,3-4,7,10-11H2,1-2H3,(H,17,18,22)/t13-/m0/s1. The van der Waals surface area contributed by atoms with Crippen molar-refractivity contribution in [2.45, 2.75) is 39.4 Å². The lowest BCUT2D eigenvalue weighted by Crippen LogP contribution is -2.23. The Kier molecular flexibility index (Phi) is 4.24. The fraction of sp³-hybridized carbons (Fsp3) is 0.533. The van der Waals surface area contributed by atoms with Crippen molar-refractivity contribution in [2.75, 3.05) is 18.4 Å². The molecule has 1 amide bonds. The molecular formula is C15H22N6O. The Balaban J connectivity index is 1.60. The third-order valence-corrected chi connectivity index (χ3v) is 4.04. The molecule has 7 heteroatoms. The molecule has 1 aliphatic heterocycles. The number of hydrogen-bond acceptors (Lipinski definition) is 4. The van der Waals surface area contributed by atoms with Gasteiger partial charge in [0.05, 0.1) is 12.6 Å². The summed E-state index contributed by atoms with van der Waals surface area (Å²) in [6.45, 7) is 7.44. The van der Waals surface area contributed by atoms with E-state index in [1.54, 1.807) is 0 Å². The fourth-order valence-electron chi connectivity index (χ4n) is 2.94. The minimum Gasteiger partial charge on any atom is -0.334 e. The Hall–Kier alpha value is -2.15. The number of hydrogen-bond donors (Lipinski definition) is 1. The molecule has 1 aliphatic rings. The zero-order chi connectivity index (χ0) is 15.5. The van der Waals surface area contributed by atoms with Crippen LogP contribution in [0.5, 0.6) is 0 Å². The summed E-state index contributed by atoms with van der Waals surface area (Å²) in [7, 11) is 0. The quantitative estimate of drug-likeness (QED) is 0.909. The zero-order valence-corrected chi connectivity index (χ0v) is 13.1. The Bertz CT molecular complexity index is 646. The first-order valence-corrected chi connectivity index (χ1v) is 7.71. The van der Waals surface area contributed by atoms with Crippen LogP contribution in [0.25, 0.3) is 0 Å². The molecule has 22 heavy (non-hydrogen) atoms. The molecule has 0 radical (unpaired) electrons. The number of likely N-dealkylation sites (tertiary alicyclic amines) is 1. The molecule has 2 aromatic heterocycles. The van der Waals surface area contributed by atoms with Gasteiger partial charge in [-0.05, 0) is 13.3 Å². The molecule has 3 rings (SSSR count). The Morgan fingerprint density at radius 2 is 2.32 bits per heavy atom. The van der Waals surface area contributed by atoms with Crippen molar-refractivity contribution >= 4 is 11.7 Å². The second-order valence-electron chi connectivity index (χ2n) is 5.67. The molecule has 0 saturated carbocycles. The number of nitrogens with zero attached hydrogens (tertiary/aromatic N) is 5. The Morgan fingerprint density at radius 1 is 1.45 bits per heavy atom. The molecule has 7 nitrogen and oxygen atoms in total. The van der Waals surface area contributed by atoms with Gasteiger partial charge in [0, 0.05) is 51.2 Å². The number of amides is 1. The zero-order valence-electron chi connectivity index (χ0n) is 13.1. The maximum Gasteiger partial charge on any atom is 0.222 e. The van der Waals surface area contributed by atoms with Crippen molar-refractivity contribution in [3.63, 3.8) is 0 Å². The summed E-state index contributed by atoms with van der Waals surface area (Å²) in [6, 6.07) is 2.20. The summed E-state index contributed by atoms with van der Waals surface area (Å²) >= 11 is 0. The highest BCUT2D eigenvalue weighted by Gasteiger charge is 2.25. The molecule has 1 saturated heterocycles. The van der Waals surface area contributed by atoms with Crippen LogP contribution in [0.4, 0.5) is 5.82 Å². The van der Waals surface area contributed by atoms with Gasteiger partial charge in [-0.3, -0.25) is 14.4 Å². The van der Waals surface area contributed by atoms with E-state index in [0.717, 1.165) is 38.4 Å². The molecule has 0 aromatic carbocycles. The third kappa shape index (κ3) is 3.19. The molecule has 118 valence electrons. The summed E-state index contributed by atoms with van der Waals surface area (Å²) in [4.78, 5) is 17.9. The van der Waals surface area contributed by atoms with Crippen LogP contribution in [0.2, 0.25) is 0 Å². The second kappa shape index (κ2) is 6.31. The van der Waals surface area contributed by atoms with Gasteiger partial charge >= 0.3 is 0 Å². The van der Waals surface area contributed by atoms with Gasteiger partial charge in [0.25, 0.3) is 0 Å². The minimum absolute atomic E-state index is 0.0929. The molecule has 0 unspecified atom stereocenters. The van der Waals surface area contributed by atoms with Crippen LogP contribution in [0.1, 0.15) is 32.1 Å². The van der Waals surface area contributed by atoms with Crippen LogP contribution in [-0.2, 0) is 17.9 Å². The van der Waals surface area contributed by atoms with Gasteiger partial charge in [-0.15, -0.1) is 0 Å². The van der Waals surface area contributed by atoms with Gasteiger partial charge < -0.3 is 9.88 Å². The molecule has 1 atom stereocenters. The van der Waals surface area contributed by atoms with Crippen molar-refractivity contribution in [2.24, 2.45) is 0 Å². The molecule has 2 aromatic rings. The predicted molar refractivity (Wildman–Crippen MR) is 83.4 cm³/mol. The third-order valence-electron chi connectivity index (χ3n) is 4.04. The average Bonchev–Trinajstić information content (AvgIpc) is 3.18. The Morgan fingerprint density at radius 3 is 3.09 bits per heavy atom. The van der Waals surface area contributed by atoms with Crippen LogP contribution in [0.15, 0.2) is 24.7 Å². The van der Waals surface area contributed by atoms with Crippen LogP contribution in [0.3, 0.4) is 0 Å². The summed E-state index contributed by atoms with van der Waals surface area (Å²) in [5, 5.41) is 7.15. The van der Waals surface area contributed by atoms with Gasteiger partial charge in [-0.2, -0.15) is 5.10 Å². The molecule has 0 spiro atoms. The van der Waals surface area contributed by atoms with Gasteiger partial charge in [0.1, 0.15) is 5.82 Å². The monoisotopic (exact) mass is 302 g/mol. The van der Waals surface area contributed by atoms with Gasteiger partial charge in [-0.25, -0.2) is 4.98 Å². The largest absolute Gasteiger partial charge is 0.334 e. The van der Waals surface area contributed by atoms with E-state index in [9.17, 15) is 4.79 Å². The number of nitrogens with one attached hydrogen (secondary N) is 1. The van der Waals surface area contributed by atoms with Crippen LogP contribution >= 0.6 is 0 Å². The highest BCUT2D eigenvalue weighted by atomic mass is 16.1. The van der Waals surface area contributed by atoms with E-state index >= 15 is 0 Å². The van der Waals surface area contributed by atoms with Gasteiger partial charge in [-0.1, -0.05) is 0 Å². The smallest absolute Gasteiger partial charge is 0.222 e. The number of anilines is 1. The molecule has 1 fully saturated rings. The number of carbonyl (C=O) groups excluding carboxylic acids is 1. The van der Waals surface area contributed by atoms with E-state index < -0.39 is 0 Å². The van der Waals surface area contributed by atoms with Gasteiger partial charge in [0.2, 0.25) is 5.91 Å². The first-order chi connectivity index (χ1) is 10.7. The first kappa shape index (κ1) is 14.8. The van der Waals surface area contributed by atoms with Crippen molar-refractivity contribution < 1.29 is 4.79 Å². The molecule has 0 bridgehead atoms. The van der Waals surface area contributed by atoms with Crippen molar-refractivity contribution in [1.29, 1.82) is 0 Å². The summed E-state index contributed by atoms with van der Waals surface area (Å²) < 4.78 is 4.13. The van der Waals surface area contributed by atoms with Crippen molar-refractivity contribution in [3.05, 3.63) is 30.5 Å².